The molecular weight excluding hydrogens is 178 g/mol. The van der Waals surface area contributed by atoms with Gasteiger partial charge in [0.1, 0.15) is 0 Å². The summed E-state index contributed by atoms with van der Waals surface area (Å²) in [6.07, 6.45) is 5.58. The lowest BCUT2D eigenvalue weighted by Crippen LogP contribution is -2.47. The van der Waals surface area contributed by atoms with E-state index in [0.717, 1.165) is 19.0 Å². The van der Waals surface area contributed by atoms with E-state index in [9.17, 15) is 4.79 Å². The van der Waals surface area contributed by atoms with Crippen LogP contribution in [0.3, 0.4) is 0 Å². The molecule has 0 aromatic carbocycles. The molecule has 0 radical (unpaired) electrons. The molecule has 1 saturated heterocycles. The van der Waals surface area contributed by atoms with Gasteiger partial charge in [-0.15, -0.1) is 0 Å². The summed E-state index contributed by atoms with van der Waals surface area (Å²) in [4.78, 5) is 17.8. The maximum absolute atomic E-state index is 11.2. The number of rotatable bonds is 0. The maximum Gasteiger partial charge on any atom is 0.228 e. The van der Waals surface area contributed by atoms with Crippen molar-refractivity contribution in [2.24, 2.45) is 4.99 Å². The molecule has 0 unspecified atom stereocenters. The van der Waals surface area contributed by atoms with Gasteiger partial charge in [0.05, 0.1) is 6.54 Å². The van der Waals surface area contributed by atoms with Gasteiger partial charge in [-0.1, -0.05) is 12.8 Å². The molecule has 2 heterocycles. The first-order chi connectivity index (χ1) is 6.86. The molecule has 2 rings (SSSR count). The minimum atomic E-state index is 0.110. The van der Waals surface area contributed by atoms with Crippen molar-refractivity contribution in [1.29, 1.82) is 0 Å². The fourth-order valence-corrected chi connectivity index (χ4v) is 1.95. The molecular formula is C10H17N3O. The first-order valence-corrected chi connectivity index (χ1v) is 5.45. The standard InChI is InChI=1S/C10H17N3O/c14-9-5-6-11-10(12-9)13-7-3-1-2-4-8-13/h1-8H2,(H,11,12,14). The fourth-order valence-electron chi connectivity index (χ4n) is 1.95. The second-order valence-electron chi connectivity index (χ2n) is 3.90. The number of aliphatic imine (C=N–C) groups is 1. The topological polar surface area (TPSA) is 44.7 Å². The Morgan fingerprint density at radius 2 is 1.86 bits per heavy atom. The lowest BCUT2D eigenvalue weighted by atomic mass is 10.2. The number of amides is 1. The van der Waals surface area contributed by atoms with Crippen LogP contribution in [-0.2, 0) is 4.79 Å². The monoisotopic (exact) mass is 195 g/mol. The number of likely N-dealkylation sites (tertiary alicyclic amines) is 1. The number of hydrogen-bond donors (Lipinski definition) is 1. The molecule has 0 spiro atoms. The van der Waals surface area contributed by atoms with Crippen LogP contribution in [0.1, 0.15) is 32.1 Å². The van der Waals surface area contributed by atoms with Gasteiger partial charge in [0, 0.05) is 19.5 Å². The van der Waals surface area contributed by atoms with Crippen LogP contribution >= 0.6 is 0 Å². The normalized spacial score (nSPS) is 23.9. The number of carbonyl (C=O) groups excluding carboxylic acids is 1. The highest BCUT2D eigenvalue weighted by Gasteiger charge is 2.18. The Bertz CT molecular complexity index is 242. The van der Waals surface area contributed by atoms with Gasteiger partial charge in [0.25, 0.3) is 0 Å². The Kier molecular flexibility index (Phi) is 3.01. The van der Waals surface area contributed by atoms with E-state index in [0.29, 0.717) is 13.0 Å². The van der Waals surface area contributed by atoms with E-state index >= 15 is 0 Å². The third-order valence-corrected chi connectivity index (χ3v) is 2.76. The van der Waals surface area contributed by atoms with Crippen molar-refractivity contribution in [3.63, 3.8) is 0 Å². The minimum Gasteiger partial charge on any atom is -0.343 e. The average molecular weight is 195 g/mol. The molecule has 0 aliphatic carbocycles. The first-order valence-electron chi connectivity index (χ1n) is 5.45. The smallest absolute Gasteiger partial charge is 0.228 e. The largest absolute Gasteiger partial charge is 0.343 e. The maximum atomic E-state index is 11.2. The van der Waals surface area contributed by atoms with Gasteiger partial charge in [-0.3, -0.25) is 15.1 Å². The van der Waals surface area contributed by atoms with E-state index < -0.39 is 0 Å². The first kappa shape index (κ1) is 9.49. The lowest BCUT2D eigenvalue weighted by Gasteiger charge is -2.26. The van der Waals surface area contributed by atoms with E-state index in [4.69, 9.17) is 0 Å². The van der Waals surface area contributed by atoms with Crippen LogP contribution in [0.15, 0.2) is 4.99 Å². The summed E-state index contributed by atoms with van der Waals surface area (Å²) in [6, 6.07) is 0. The van der Waals surface area contributed by atoms with Crippen LogP contribution in [0.4, 0.5) is 0 Å². The second kappa shape index (κ2) is 4.44. The summed E-state index contributed by atoms with van der Waals surface area (Å²) in [6.45, 7) is 2.73. The minimum absolute atomic E-state index is 0.110. The molecule has 1 amide bonds. The lowest BCUT2D eigenvalue weighted by molar-refractivity contribution is -0.120. The molecule has 78 valence electrons. The second-order valence-corrected chi connectivity index (χ2v) is 3.90. The van der Waals surface area contributed by atoms with Gasteiger partial charge in [-0.05, 0) is 12.8 Å². The summed E-state index contributed by atoms with van der Waals surface area (Å²) in [5, 5.41) is 2.85. The molecule has 1 fully saturated rings. The molecule has 4 nitrogen and oxygen atoms in total. The van der Waals surface area contributed by atoms with Gasteiger partial charge in [0.2, 0.25) is 11.9 Å². The van der Waals surface area contributed by atoms with E-state index in [-0.39, 0.29) is 5.91 Å². The SMILES string of the molecule is O=C1CCN=C(N2CCCCCC2)N1. The molecule has 14 heavy (non-hydrogen) atoms. The van der Waals surface area contributed by atoms with Crippen LogP contribution in [0.5, 0.6) is 0 Å². The van der Waals surface area contributed by atoms with Crippen LogP contribution < -0.4 is 5.32 Å². The predicted octanol–water partition coefficient (Wildman–Crippen LogP) is 0.738. The number of hydrogen-bond acceptors (Lipinski definition) is 3. The van der Waals surface area contributed by atoms with Crippen molar-refractivity contribution in [2.45, 2.75) is 32.1 Å². The van der Waals surface area contributed by atoms with Crippen molar-refractivity contribution < 1.29 is 4.79 Å². The summed E-state index contributed by atoms with van der Waals surface area (Å²) in [7, 11) is 0. The van der Waals surface area contributed by atoms with Crippen molar-refractivity contribution in [3.8, 4) is 0 Å². The van der Waals surface area contributed by atoms with Crippen molar-refractivity contribution in [3.05, 3.63) is 0 Å². The average Bonchev–Trinajstić information content (AvgIpc) is 2.45. The zero-order chi connectivity index (χ0) is 9.80. The quantitative estimate of drug-likeness (QED) is 0.619. The Labute approximate surface area is 84.4 Å². The van der Waals surface area contributed by atoms with Crippen molar-refractivity contribution in [1.82, 2.24) is 10.2 Å². The van der Waals surface area contributed by atoms with Gasteiger partial charge < -0.3 is 4.90 Å². The number of carbonyl (C=O) groups is 1. The Hall–Kier alpha value is -1.06. The summed E-state index contributed by atoms with van der Waals surface area (Å²) >= 11 is 0. The number of nitrogens with zero attached hydrogens (tertiary/aromatic N) is 2. The molecule has 0 atom stereocenters. The van der Waals surface area contributed by atoms with E-state index in [1.54, 1.807) is 0 Å². The molecule has 0 aromatic heterocycles. The Morgan fingerprint density at radius 3 is 2.50 bits per heavy atom. The van der Waals surface area contributed by atoms with Gasteiger partial charge in [-0.2, -0.15) is 0 Å². The van der Waals surface area contributed by atoms with Crippen LogP contribution in [0.25, 0.3) is 0 Å². The van der Waals surface area contributed by atoms with E-state index in [1.807, 2.05) is 0 Å². The molecule has 0 saturated carbocycles. The summed E-state index contributed by atoms with van der Waals surface area (Å²) in [5.74, 6) is 0.919. The zero-order valence-electron chi connectivity index (χ0n) is 8.46. The summed E-state index contributed by atoms with van der Waals surface area (Å²) in [5.41, 5.74) is 0. The van der Waals surface area contributed by atoms with Crippen molar-refractivity contribution in [2.75, 3.05) is 19.6 Å². The highest BCUT2D eigenvalue weighted by atomic mass is 16.1. The third kappa shape index (κ3) is 2.25. The highest BCUT2D eigenvalue weighted by Crippen LogP contribution is 2.10. The molecule has 4 heteroatoms. The van der Waals surface area contributed by atoms with Crippen LogP contribution in [-0.4, -0.2) is 36.4 Å². The van der Waals surface area contributed by atoms with Gasteiger partial charge >= 0.3 is 0 Å². The highest BCUT2D eigenvalue weighted by molar-refractivity contribution is 5.98. The Balaban J connectivity index is 1.98. The van der Waals surface area contributed by atoms with Gasteiger partial charge in [-0.25, -0.2) is 0 Å². The third-order valence-electron chi connectivity index (χ3n) is 2.76. The molecule has 2 aliphatic rings. The van der Waals surface area contributed by atoms with E-state index in [1.165, 1.54) is 25.7 Å². The molecule has 1 N–H and O–H groups in total. The van der Waals surface area contributed by atoms with E-state index in [2.05, 4.69) is 15.2 Å². The fraction of sp³-hybridized carbons (Fsp3) is 0.800. The molecule has 0 bridgehead atoms. The number of nitrogens with one attached hydrogen (secondary N) is 1. The van der Waals surface area contributed by atoms with Crippen molar-refractivity contribution >= 4 is 11.9 Å². The summed E-state index contributed by atoms with van der Waals surface area (Å²) < 4.78 is 0. The Morgan fingerprint density at radius 1 is 1.14 bits per heavy atom. The molecule has 0 aromatic rings. The molecule has 2 aliphatic heterocycles. The number of guanidine groups is 1. The van der Waals surface area contributed by atoms with Crippen LogP contribution in [0.2, 0.25) is 0 Å². The predicted molar refractivity (Wildman–Crippen MR) is 55.1 cm³/mol. The van der Waals surface area contributed by atoms with Crippen LogP contribution in [0, 0.1) is 0 Å². The zero-order valence-corrected chi connectivity index (χ0v) is 8.46. The van der Waals surface area contributed by atoms with Gasteiger partial charge in [0.15, 0.2) is 0 Å².